The van der Waals surface area contributed by atoms with E-state index in [0.717, 1.165) is 32.2 Å². The largest absolute Gasteiger partial charge is 0.378 e. The van der Waals surface area contributed by atoms with Gasteiger partial charge in [0.2, 0.25) is 0 Å². The fourth-order valence-corrected chi connectivity index (χ4v) is 2.91. The van der Waals surface area contributed by atoms with Gasteiger partial charge in [0.05, 0.1) is 13.2 Å². The number of morpholine rings is 1. The van der Waals surface area contributed by atoms with E-state index in [1.807, 2.05) is 0 Å². The van der Waals surface area contributed by atoms with E-state index in [2.05, 4.69) is 31.0 Å². The summed E-state index contributed by atoms with van der Waals surface area (Å²) in [7, 11) is 0. The van der Waals surface area contributed by atoms with Gasteiger partial charge in [0.1, 0.15) is 0 Å². The molecule has 2 aliphatic heterocycles. The lowest BCUT2D eigenvalue weighted by atomic mass is 9.91. The van der Waals surface area contributed by atoms with Crippen LogP contribution in [-0.2, 0) is 4.74 Å². The van der Waals surface area contributed by atoms with E-state index < -0.39 is 0 Å². The summed E-state index contributed by atoms with van der Waals surface area (Å²) in [5, 5.41) is 3.54. The predicted octanol–water partition coefficient (Wildman–Crippen LogP) is 1.10. The van der Waals surface area contributed by atoms with Crippen LogP contribution < -0.4 is 5.32 Å². The van der Waals surface area contributed by atoms with Gasteiger partial charge in [0.15, 0.2) is 0 Å². The summed E-state index contributed by atoms with van der Waals surface area (Å²) in [6.07, 6.45) is 1.33. The topological polar surface area (TPSA) is 24.5 Å². The lowest BCUT2D eigenvalue weighted by Crippen LogP contribution is -2.61. The Morgan fingerprint density at radius 3 is 2.80 bits per heavy atom. The number of nitrogens with zero attached hydrogens (tertiary/aromatic N) is 1. The molecule has 1 N–H and O–H groups in total. The molecule has 0 aliphatic carbocycles. The van der Waals surface area contributed by atoms with Gasteiger partial charge >= 0.3 is 0 Å². The Hall–Kier alpha value is -0.120. The molecule has 2 saturated heterocycles. The molecule has 0 saturated carbocycles. The van der Waals surface area contributed by atoms with Crippen LogP contribution in [0.4, 0.5) is 0 Å². The molecule has 2 aliphatic rings. The van der Waals surface area contributed by atoms with Crippen molar-refractivity contribution in [1.29, 1.82) is 0 Å². The third-order valence-electron chi connectivity index (χ3n) is 3.70. The molecule has 0 aromatic carbocycles. The number of piperidine rings is 1. The first-order valence-electron chi connectivity index (χ1n) is 6.15. The average molecular weight is 212 g/mol. The molecule has 2 fully saturated rings. The molecule has 2 rings (SSSR count). The molecule has 2 atom stereocenters. The maximum Gasteiger partial charge on any atom is 0.0645 e. The van der Waals surface area contributed by atoms with Gasteiger partial charge in [-0.2, -0.15) is 0 Å². The number of nitrogens with one attached hydrogen (secondary N) is 1. The summed E-state index contributed by atoms with van der Waals surface area (Å²) in [5.74, 6) is 0.808. The summed E-state index contributed by atoms with van der Waals surface area (Å²) >= 11 is 0. The Morgan fingerprint density at radius 1 is 1.33 bits per heavy atom. The van der Waals surface area contributed by atoms with Crippen LogP contribution in [0.25, 0.3) is 0 Å². The van der Waals surface area contributed by atoms with Gasteiger partial charge in [-0.3, -0.25) is 4.90 Å². The summed E-state index contributed by atoms with van der Waals surface area (Å²) in [5.41, 5.74) is 0.210. The Bertz CT molecular complexity index is 218. The standard InChI is InChI=1S/C12H24N2O/c1-10-6-11(8-13-7-10)14-4-5-15-9-12(14,2)3/h10-11,13H,4-9H2,1-3H3. The molecule has 0 aromatic rings. The van der Waals surface area contributed by atoms with Crippen molar-refractivity contribution in [2.45, 2.75) is 38.8 Å². The fourth-order valence-electron chi connectivity index (χ4n) is 2.91. The highest BCUT2D eigenvalue weighted by Gasteiger charge is 2.36. The first-order valence-corrected chi connectivity index (χ1v) is 6.15. The zero-order chi connectivity index (χ0) is 10.9. The SMILES string of the molecule is CC1CNCC(N2CCOCC2(C)C)C1. The molecule has 2 heterocycles. The summed E-state index contributed by atoms with van der Waals surface area (Å²) in [4.78, 5) is 2.64. The minimum atomic E-state index is 0.210. The van der Waals surface area contributed by atoms with Crippen LogP contribution in [0.1, 0.15) is 27.2 Å². The Morgan fingerprint density at radius 2 is 2.13 bits per heavy atom. The van der Waals surface area contributed by atoms with E-state index >= 15 is 0 Å². The molecule has 0 amide bonds. The van der Waals surface area contributed by atoms with Crippen molar-refractivity contribution in [1.82, 2.24) is 10.2 Å². The van der Waals surface area contributed by atoms with Crippen LogP contribution in [0.15, 0.2) is 0 Å². The van der Waals surface area contributed by atoms with Crippen molar-refractivity contribution < 1.29 is 4.74 Å². The second kappa shape index (κ2) is 4.40. The Labute approximate surface area is 93.2 Å². The van der Waals surface area contributed by atoms with Crippen molar-refractivity contribution in [2.75, 3.05) is 32.8 Å². The first kappa shape index (κ1) is 11.4. The molecule has 3 heteroatoms. The van der Waals surface area contributed by atoms with Crippen LogP contribution in [0, 0.1) is 5.92 Å². The highest BCUT2D eigenvalue weighted by Crippen LogP contribution is 2.26. The van der Waals surface area contributed by atoms with E-state index in [-0.39, 0.29) is 5.54 Å². The molecule has 0 bridgehead atoms. The number of hydrogen-bond acceptors (Lipinski definition) is 3. The molecule has 0 radical (unpaired) electrons. The van der Waals surface area contributed by atoms with Crippen molar-refractivity contribution in [2.24, 2.45) is 5.92 Å². The van der Waals surface area contributed by atoms with Crippen LogP contribution in [0.5, 0.6) is 0 Å². The molecule has 2 unspecified atom stereocenters. The van der Waals surface area contributed by atoms with Crippen LogP contribution in [-0.4, -0.2) is 49.3 Å². The van der Waals surface area contributed by atoms with E-state index in [9.17, 15) is 0 Å². The smallest absolute Gasteiger partial charge is 0.0645 e. The summed E-state index contributed by atoms with van der Waals surface area (Å²) in [6.45, 7) is 12.1. The van der Waals surface area contributed by atoms with Crippen LogP contribution in [0.2, 0.25) is 0 Å². The second-order valence-corrected chi connectivity index (χ2v) is 5.71. The van der Waals surface area contributed by atoms with Gasteiger partial charge in [-0.05, 0) is 32.7 Å². The van der Waals surface area contributed by atoms with Gasteiger partial charge in [-0.25, -0.2) is 0 Å². The third-order valence-corrected chi connectivity index (χ3v) is 3.70. The minimum Gasteiger partial charge on any atom is -0.378 e. The normalized spacial score (nSPS) is 37.8. The highest BCUT2D eigenvalue weighted by atomic mass is 16.5. The molecular formula is C12H24N2O. The second-order valence-electron chi connectivity index (χ2n) is 5.71. The average Bonchev–Trinajstić information content (AvgIpc) is 2.17. The lowest BCUT2D eigenvalue weighted by molar-refractivity contribution is -0.0781. The van der Waals surface area contributed by atoms with Gasteiger partial charge in [0.25, 0.3) is 0 Å². The highest BCUT2D eigenvalue weighted by molar-refractivity contribution is 4.92. The van der Waals surface area contributed by atoms with Gasteiger partial charge in [-0.1, -0.05) is 6.92 Å². The van der Waals surface area contributed by atoms with E-state index in [1.165, 1.54) is 13.0 Å². The van der Waals surface area contributed by atoms with Crippen LogP contribution >= 0.6 is 0 Å². The van der Waals surface area contributed by atoms with Crippen molar-refractivity contribution in [3.63, 3.8) is 0 Å². The molecule has 0 spiro atoms. The maximum absolute atomic E-state index is 5.57. The van der Waals surface area contributed by atoms with Crippen molar-refractivity contribution in [3.05, 3.63) is 0 Å². The van der Waals surface area contributed by atoms with E-state index in [4.69, 9.17) is 4.74 Å². The Balaban J connectivity index is 2.01. The van der Waals surface area contributed by atoms with Gasteiger partial charge in [0, 0.05) is 24.7 Å². The number of rotatable bonds is 1. The lowest BCUT2D eigenvalue weighted by Gasteiger charge is -2.48. The zero-order valence-electron chi connectivity index (χ0n) is 10.3. The monoisotopic (exact) mass is 212 g/mol. The minimum absolute atomic E-state index is 0.210. The molecular weight excluding hydrogens is 188 g/mol. The Kier molecular flexibility index (Phi) is 3.33. The van der Waals surface area contributed by atoms with Crippen molar-refractivity contribution in [3.8, 4) is 0 Å². The molecule has 88 valence electrons. The number of hydrogen-bond donors (Lipinski definition) is 1. The summed E-state index contributed by atoms with van der Waals surface area (Å²) in [6, 6.07) is 0.702. The first-order chi connectivity index (χ1) is 7.09. The van der Waals surface area contributed by atoms with E-state index in [0.29, 0.717) is 6.04 Å². The fraction of sp³-hybridized carbons (Fsp3) is 1.00. The third kappa shape index (κ3) is 2.52. The van der Waals surface area contributed by atoms with E-state index in [1.54, 1.807) is 0 Å². The maximum atomic E-state index is 5.57. The van der Waals surface area contributed by atoms with Gasteiger partial charge < -0.3 is 10.1 Å². The van der Waals surface area contributed by atoms with Crippen LogP contribution in [0.3, 0.4) is 0 Å². The zero-order valence-corrected chi connectivity index (χ0v) is 10.3. The summed E-state index contributed by atoms with van der Waals surface area (Å²) < 4.78 is 5.57. The van der Waals surface area contributed by atoms with Gasteiger partial charge in [-0.15, -0.1) is 0 Å². The molecule has 15 heavy (non-hydrogen) atoms. The quantitative estimate of drug-likeness (QED) is 0.704. The number of ether oxygens (including phenoxy) is 1. The molecule has 0 aromatic heterocycles. The molecule has 3 nitrogen and oxygen atoms in total. The predicted molar refractivity (Wildman–Crippen MR) is 62.0 cm³/mol. The van der Waals surface area contributed by atoms with Crippen molar-refractivity contribution >= 4 is 0 Å².